The first-order valence-electron chi connectivity index (χ1n) is 12.1. The van der Waals surface area contributed by atoms with Crippen LogP contribution < -0.4 is 24.6 Å². The maximum Gasteiger partial charge on any atom is 0.229 e. The van der Waals surface area contributed by atoms with E-state index in [-0.39, 0.29) is 18.2 Å². The molecule has 2 fully saturated rings. The fourth-order valence-electron chi connectivity index (χ4n) is 4.97. The van der Waals surface area contributed by atoms with Gasteiger partial charge < -0.3 is 29.5 Å². The van der Waals surface area contributed by atoms with Crippen LogP contribution in [0.15, 0.2) is 36.4 Å². The number of piperazine rings is 1. The van der Waals surface area contributed by atoms with Crippen LogP contribution in [0.5, 0.6) is 11.5 Å². The molecule has 180 valence electrons. The lowest BCUT2D eigenvalue weighted by Crippen LogP contribution is -2.46. The van der Waals surface area contributed by atoms with E-state index in [4.69, 9.17) is 9.47 Å². The van der Waals surface area contributed by atoms with Gasteiger partial charge in [0.05, 0.1) is 5.92 Å². The number of nitrogens with one attached hydrogen (secondary N) is 1. The third kappa shape index (κ3) is 4.55. The Morgan fingerprint density at radius 1 is 1.03 bits per heavy atom. The number of benzene rings is 2. The molecule has 0 aromatic heterocycles. The third-order valence-corrected chi connectivity index (χ3v) is 6.96. The van der Waals surface area contributed by atoms with Crippen LogP contribution in [-0.4, -0.2) is 69.2 Å². The number of ether oxygens (including phenoxy) is 2. The van der Waals surface area contributed by atoms with Gasteiger partial charge in [-0.3, -0.25) is 9.59 Å². The van der Waals surface area contributed by atoms with Gasteiger partial charge in [-0.05, 0) is 49.4 Å². The predicted molar refractivity (Wildman–Crippen MR) is 132 cm³/mol. The maximum atomic E-state index is 13.0. The van der Waals surface area contributed by atoms with Gasteiger partial charge in [-0.25, -0.2) is 0 Å². The fraction of sp³-hybridized carbons (Fsp3) is 0.462. The number of carbonyl (C=O) groups is 2. The van der Waals surface area contributed by atoms with E-state index in [1.165, 1.54) is 5.69 Å². The molecule has 2 amide bonds. The first-order chi connectivity index (χ1) is 16.5. The highest BCUT2D eigenvalue weighted by Crippen LogP contribution is 2.36. The van der Waals surface area contributed by atoms with Gasteiger partial charge in [0.1, 0.15) is 13.2 Å². The van der Waals surface area contributed by atoms with Crippen molar-refractivity contribution in [2.24, 2.45) is 5.92 Å². The topological polar surface area (TPSA) is 74.4 Å². The zero-order valence-corrected chi connectivity index (χ0v) is 19.9. The summed E-state index contributed by atoms with van der Waals surface area (Å²) in [7, 11) is 0. The Kier molecular flexibility index (Phi) is 6.32. The quantitative estimate of drug-likeness (QED) is 0.734. The molecule has 8 nitrogen and oxygen atoms in total. The van der Waals surface area contributed by atoms with E-state index in [1.54, 1.807) is 4.90 Å². The van der Waals surface area contributed by atoms with Crippen molar-refractivity contribution < 1.29 is 19.1 Å². The van der Waals surface area contributed by atoms with Crippen molar-refractivity contribution in [2.45, 2.75) is 20.3 Å². The van der Waals surface area contributed by atoms with Crippen molar-refractivity contribution in [1.82, 2.24) is 4.90 Å². The molecule has 0 spiro atoms. The number of fused-ring (bicyclic) bond motifs is 1. The predicted octanol–water partition coefficient (Wildman–Crippen LogP) is 2.90. The minimum Gasteiger partial charge on any atom is -0.486 e. The first-order valence-corrected chi connectivity index (χ1v) is 12.1. The first kappa shape index (κ1) is 22.5. The van der Waals surface area contributed by atoms with E-state index in [9.17, 15) is 9.59 Å². The molecule has 3 aliphatic heterocycles. The van der Waals surface area contributed by atoms with Crippen molar-refractivity contribution >= 4 is 28.9 Å². The van der Waals surface area contributed by atoms with Crippen LogP contribution in [-0.2, 0) is 9.59 Å². The van der Waals surface area contributed by atoms with E-state index < -0.39 is 5.92 Å². The van der Waals surface area contributed by atoms with Crippen molar-refractivity contribution in [1.29, 1.82) is 0 Å². The van der Waals surface area contributed by atoms with Crippen molar-refractivity contribution in [2.75, 3.05) is 67.6 Å². The second-order valence-electron chi connectivity index (χ2n) is 9.15. The van der Waals surface area contributed by atoms with Gasteiger partial charge in [-0.2, -0.15) is 0 Å². The van der Waals surface area contributed by atoms with Crippen LogP contribution in [0, 0.1) is 12.8 Å². The highest BCUT2D eigenvalue weighted by atomic mass is 16.6. The van der Waals surface area contributed by atoms with E-state index in [0.29, 0.717) is 31.3 Å². The van der Waals surface area contributed by atoms with Gasteiger partial charge in [0.15, 0.2) is 11.5 Å². The average Bonchev–Trinajstić information content (AvgIpc) is 3.26. The number of rotatable bonds is 5. The summed E-state index contributed by atoms with van der Waals surface area (Å²) < 4.78 is 11.2. The van der Waals surface area contributed by atoms with Crippen LogP contribution in [0.2, 0.25) is 0 Å². The number of amides is 2. The van der Waals surface area contributed by atoms with E-state index in [0.717, 1.165) is 49.7 Å². The van der Waals surface area contributed by atoms with Crippen LogP contribution in [0.4, 0.5) is 17.1 Å². The van der Waals surface area contributed by atoms with Gasteiger partial charge in [-0.15, -0.1) is 0 Å². The zero-order valence-electron chi connectivity index (χ0n) is 19.9. The zero-order chi connectivity index (χ0) is 23.7. The summed E-state index contributed by atoms with van der Waals surface area (Å²) in [6, 6.07) is 11.5. The van der Waals surface area contributed by atoms with E-state index in [2.05, 4.69) is 35.0 Å². The Labute approximate surface area is 200 Å². The van der Waals surface area contributed by atoms with Gasteiger partial charge in [-0.1, -0.05) is 6.92 Å². The highest BCUT2D eigenvalue weighted by molar-refractivity contribution is 6.03. The maximum absolute atomic E-state index is 13.0. The molecule has 1 N–H and O–H groups in total. The molecule has 3 aliphatic rings. The minimum atomic E-state index is -0.400. The summed E-state index contributed by atoms with van der Waals surface area (Å²) in [6.07, 6.45) is 0.193. The summed E-state index contributed by atoms with van der Waals surface area (Å²) in [4.78, 5) is 32.2. The molecule has 1 atom stereocenters. The van der Waals surface area contributed by atoms with Crippen molar-refractivity contribution in [3.8, 4) is 11.5 Å². The highest BCUT2D eigenvalue weighted by Gasteiger charge is 2.35. The van der Waals surface area contributed by atoms with Crippen molar-refractivity contribution in [3.05, 3.63) is 42.0 Å². The smallest absolute Gasteiger partial charge is 0.229 e. The summed E-state index contributed by atoms with van der Waals surface area (Å²) in [5.41, 5.74) is 3.86. The molecule has 34 heavy (non-hydrogen) atoms. The third-order valence-electron chi connectivity index (χ3n) is 6.96. The van der Waals surface area contributed by atoms with Gasteiger partial charge in [0, 0.05) is 62.3 Å². The molecule has 3 heterocycles. The fourth-order valence-corrected chi connectivity index (χ4v) is 4.97. The normalized spacial score (nSPS) is 20.5. The molecule has 0 bridgehead atoms. The Morgan fingerprint density at radius 3 is 2.53 bits per heavy atom. The molecule has 0 aliphatic carbocycles. The van der Waals surface area contributed by atoms with Crippen molar-refractivity contribution in [3.63, 3.8) is 0 Å². The number of hydrogen-bond acceptors (Lipinski definition) is 6. The number of carbonyl (C=O) groups excluding carboxylic acids is 2. The second kappa shape index (κ2) is 9.54. The van der Waals surface area contributed by atoms with Crippen LogP contribution in [0.25, 0.3) is 0 Å². The van der Waals surface area contributed by atoms with Gasteiger partial charge in [0.2, 0.25) is 11.8 Å². The summed E-state index contributed by atoms with van der Waals surface area (Å²) in [5.74, 6) is 0.729. The SMILES string of the molecule is CCN1CCN(c2ccc(NC(=O)[C@H]3CC(=O)N(c4ccc5c(c4)OCCO5)C3)cc2C)CC1. The standard InChI is InChI=1S/C26H32N4O4/c1-3-28-8-10-29(11-9-28)22-6-4-20(14-18(22)2)27-26(32)19-15-25(31)30(17-19)21-5-7-23-24(16-21)34-13-12-33-23/h4-7,14,16,19H,3,8-13,15,17H2,1-2H3,(H,27,32)/t19-/m0/s1. The molecular weight excluding hydrogens is 432 g/mol. The summed E-state index contributed by atoms with van der Waals surface area (Å²) >= 11 is 0. The van der Waals surface area contributed by atoms with E-state index >= 15 is 0 Å². The Bertz CT molecular complexity index is 1080. The number of likely N-dealkylation sites (N-methyl/N-ethyl adjacent to an activating group) is 1. The summed E-state index contributed by atoms with van der Waals surface area (Å²) in [5, 5.41) is 3.02. The number of nitrogens with zero attached hydrogens (tertiary/aromatic N) is 3. The lowest BCUT2D eigenvalue weighted by Gasteiger charge is -2.36. The molecule has 0 unspecified atom stereocenters. The number of hydrogen-bond donors (Lipinski definition) is 1. The van der Waals surface area contributed by atoms with Gasteiger partial charge >= 0.3 is 0 Å². The van der Waals surface area contributed by atoms with Gasteiger partial charge in [0.25, 0.3) is 0 Å². The van der Waals surface area contributed by atoms with Crippen LogP contribution in [0.1, 0.15) is 18.9 Å². The summed E-state index contributed by atoms with van der Waals surface area (Å²) in [6.45, 7) is 10.9. The minimum absolute atomic E-state index is 0.0606. The Balaban J connectivity index is 1.22. The molecule has 8 heteroatoms. The Morgan fingerprint density at radius 2 is 1.79 bits per heavy atom. The molecule has 0 saturated carbocycles. The monoisotopic (exact) mass is 464 g/mol. The molecule has 2 saturated heterocycles. The second-order valence-corrected chi connectivity index (χ2v) is 9.15. The molecule has 5 rings (SSSR count). The largest absolute Gasteiger partial charge is 0.486 e. The average molecular weight is 465 g/mol. The number of anilines is 3. The molecule has 0 radical (unpaired) electrons. The van der Waals surface area contributed by atoms with Crippen LogP contribution >= 0.6 is 0 Å². The number of aryl methyl sites for hydroxylation is 1. The molecule has 2 aromatic rings. The lowest BCUT2D eigenvalue weighted by molar-refractivity contribution is -0.122. The molecule has 2 aromatic carbocycles. The lowest BCUT2D eigenvalue weighted by atomic mass is 10.1. The van der Waals surface area contributed by atoms with E-state index in [1.807, 2.05) is 30.3 Å². The molecular formula is C26H32N4O4. The Hall–Kier alpha value is -3.26. The van der Waals surface area contributed by atoms with Crippen LogP contribution in [0.3, 0.4) is 0 Å².